The van der Waals surface area contributed by atoms with Gasteiger partial charge in [0.15, 0.2) is 0 Å². The first-order chi connectivity index (χ1) is 5.08. The Morgan fingerprint density at radius 1 is 1.17 bits per heavy atom. The molecule has 0 amide bonds. The molecule has 0 aromatic heterocycles. The van der Waals surface area contributed by atoms with Crippen molar-refractivity contribution in [1.82, 2.24) is 0 Å². The first kappa shape index (κ1) is 11.6. The summed E-state index contributed by atoms with van der Waals surface area (Å²) in [4.78, 5) is 0. The van der Waals surface area contributed by atoms with Gasteiger partial charge in [0.1, 0.15) is 0 Å². The Morgan fingerprint density at radius 2 is 1.67 bits per heavy atom. The third-order valence-corrected chi connectivity index (χ3v) is 1.11. The molecule has 1 aromatic rings. The zero-order chi connectivity index (χ0) is 8.32. The minimum Gasteiger partial charge on any atom is -0.514 e. The Labute approximate surface area is 86.3 Å². The van der Waals surface area contributed by atoms with Crippen LogP contribution in [0, 0.1) is 6.07 Å². The Hall–Kier alpha value is -0.383. The maximum absolute atomic E-state index is 5.58. The molecule has 12 heavy (non-hydrogen) atoms. The molecule has 0 bridgehead atoms. The van der Waals surface area contributed by atoms with Crippen LogP contribution >= 0.6 is 0 Å². The van der Waals surface area contributed by atoms with Gasteiger partial charge in [-0.15, -0.1) is 12.1 Å². The van der Waals surface area contributed by atoms with Crippen LogP contribution in [0.25, 0.3) is 0 Å². The maximum atomic E-state index is 5.58. The average Bonchev–Trinajstić information content (AvgIpc) is 1.85. The summed E-state index contributed by atoms with van der Waals surface area (Å²) in [7, 11) is 0. The topological polar surface area (TPSA) is 9.23 Å². The monoisotopic (exact) mass is 156 g/mol. The van der Waals surface area contributed by atoms with Gasteiger partial charge in [0.05, 0.1) is 5.60 Å². The van der Waals surface area contributed by atoms with E-state index < -0.39 is 0 Å². The SMILES string of the molecule is CC(C)(C)Oc1cc[c-]cc1.[Li+]. The van der Waals surface area contributed by atoms with Crippen molar-refractivity contribution in [2.24, 2.45) is 0 Å². The van der Waals surface area contributed by atoms with Crippen LogP contribution < -0.4 is 23.6 Å². The van der Waals surface area contributed by atoms with Gasteiger partial charge in [-0.2, -0.15) is 18.2 Å². The molecule has 0 fully saturated rings. The molecular weight excluding hydrogens is 143 g/mol. The van der Waals surface area contributed by atoms with E-state index in [1.165, 1.54) is 0 Å². The second-order valence-corrected chi connectivity index (χ2v) is 3.45. The van der Waals surface area contributed by atoms with E-state index in [1.54, 1.807) is 0 Å². The Kier molecular flexibility index (Phi) is 4.45. The summed E-state index contributed by atoms with van der Waals surface area (Å²) in [5.41, 5.74) is -0.110. The molecule has 0 heterocycles. The number of benzene rings is 1. The van der Waals surface area contributed by atoms with Gasteiger partial charge in [-0.3, -0.25) is 0 Å². The Bertz CT molecular complexity index is 213. The standard InChI is InChI=1S/C10H13O.Li/c1-10(2,3)11-9-7-5-4-6-8-9;/h5-8H,1-3H3;/q-1;+1. The second kappa shape index (κ2) is 4.60. The molecule has 0 aliphatic rings. The molecule has 0 N–H and O–H groups in total. The van der Waals surface area contributed by atoms with Gasteiger partial charge in [-0.1, -0.05) is 0 Å². The van der Waals surface area contributed by atoms with E-state index in [0.717, 1.165) is 5.75 Å². The van der Waals surface area contributed by atoms with Gasteiger partial charge in [-0.05, 0) is 20.8 Å². The molecule has 2 heteroatoms. The van der Waals surface area contributed by atoms with Crippen LogP contribution in [0.5, 0.6) is 5.75 Å². The molecule has 0 saturated heterocycles. The molecule has 0 spiro atoms. The van der Waals surface area contributed by atoms with Crippen molar-refractivity contribution in [3.63, 3.8) is 0 Å². The summed E-state index contributed by atoms with van der Waals surface area (Å²) in [6.07, 6.45) is 0. The largest absolute Gasteiger partial charge is 1.00 e. The number of hydrogen-bond acceptors (Lipinski definition) is 1. The fraction of sp³-hybridized carbons (Fsp3) is 0.400. The fourth-order valence-corrected chi connectivity index (χ4v) is 0.793. The van der Waals surface area contributed by atoms with Crippen LogP contribution in [0.1, 0.15) is 20.8 Å². The van der Waals surface area contributed by atoms with Gasteiger partial charge < -0.3 is 4.74 Å². The molecule has 1 nitrogen and oxygen atoms in total. The summed E-state index contributed by atoms with van der Waals surface area (Å²) < 4.78 is 5.58. The van der Waals surface area contributed by atoms with E-state index in [0.29, 0.717) is 0 Å². The van der Waals surface area contributed by atoms with Gasteiger partial charge in [0.25, 0.3) is 0 Å². The average molecular weight is 156 g/mol. The van der Waals surface area contributed by atoms with Gasteiger partial charge >= 0.3 is 18.9 Å². The second-order valence-electron chi connectivity index (χ2n) is 3.45. The predicted octanol–water partition coefficient (Wildman–Crippen LogP) is -0.332. The van der Waals surface area contributed by atoms with Crippen LogP contribution in [0.15, 0.2) is 24.3 Å². The van der Waals surface area contributed by atoms with Crippen LogP contribution in [0.2, 0.25) is 0 Å². The van der Waals surface area contributed by atoms with E-state index in [-0.39, 0.29) is 24.5 Å². The van der Waals surface area contributed by atoms with Gasteiger partial charge in [-0.25, -0.2) is 0 Å². The predicted molar refractivity (Wildman–Crippen MR) is 45.7 cm³/mol. The van der Waals surface area contributed by atoms with E-state index >= 15 is 0 Å². The van der Waals surface area contributed by atoms with Gasteiger partial charge in [0.2, 0.25) is 0 Å². The van der Waals surface area contributed by atoms with E-state index in [4.69, 9.17) is 4.74 Å². The summed E-state index contributed by atoms with van der Waals surface area (Å²) >= 11 is 0. The van der Waals surface area contributed by atoms with Gasteiger partial charge in [0, 0.05) is 5.75 Å². The molecule has 0 unspecified atom stereocenters. The van der Waals surface area contributed by atoms with Crippen molar-refractivity contribution in [2.75, 3.05) is 0 Å². The first-order valence-corrected chi connectivity index (χ1v) is 3.73. The number of hydrogen-bond donors (Lipinski definition) is 0. The summed E-state index contributed by atoms with van der Waals surface area (Å²) in [6.45, 7) is 6.09. The van der Waals surface area contributed by atoms with Crippen molar-refractivity contribution in [1.29, 1.82) is 0 Å². The van der Waals surface area contributed by atoms with E-state index in [9.17, 15) is 0 Å². The van der Waals surface area contributed by atoms with Crippen LogP contribution in [-0.4, -0.2) is 5.60 Å². The summed E-state index contributed by atoms with van der Waals surface area (Å²) in [5, 5.41) is 0. The zero-order valence-corrected chi connectivity index (χ0v) is 8.22. The molecule has 0 saturated carbocycles. The molecule has 60 valence electrons. The molecule has 0 radical (unpaired) electrons. The Morgan fingerprint density at radius 3 is 2.08 bits per heavy atom. The molecule has 1 rings (SSSR count). The summed E-state index contributed by atoms with van der Waals surface area (Å²) in [5.74, 6) is 0.899. The van der Waals surface area contributed by atoms with Crippen molar-refractivity contribution in [2.45, 2.75) is 26.4 Å². The Balaban J connectivity index is 0.00000121. The normalized spacial score (nSPS) is 10.2. The molecule has 1 aromatic carbocycles. The molecule has 0 aliphatic carbocycles. The van der Waals surface area contributed by atoms with Crippen molar-refractivity contribution in [3.8, 4) is 5.75 Å². The third kappa shape index (κ3) is 4.49. The minimum absolute atomic E-state index is 0. The molecular formula is C10H13LiO. The van der Waals surface area contributed by atoms with Crippen molar-refractivity contribution < 1.29 is 23.6 Å². The smallest absolute Gasteiger partial charge is 0.514 e. The van der Waals surface area contributed by atoms with Crippen molar-refractivity contribution >= 4 is 0 Å². The zero-order valence-electron chi connectivity index (χ0n) is 8.22. The number of rotatable bonds is 1. The first-order valence-electron chi connectivity index (χ1n) is 3.73. The summed E-state index contributed by atoms with van der Waals surface area (Å²) in [6, 6.07) is 10.5. The number of ether oxygens (including phenoxy) is 1. The fourth-order valence-electron chi connectivity index (χ4n) is 0.793. The molecule has 0 atom stereocenters. The molecule has 0 aliphatic heterocycles. The van der Waals surface area contributed by atoms with Crippen molar-refractivity contribution in [3.05, 3.63) is 30.3 Å². The third-order valence-electron chi connectivity index (χ3n) is 1.11. The van der Waals surface area contributed by atoms with Crippen LogP contribution in [0.3, 0.4) is 0 Å². The van der Waals surface area contributed by atoms with E-state index in [2.05, 4.69) is 6.07 Å². The van der Waals surface area contributed by atoms with E-state index in [1.807, 2.05) is 45.0 Å². The van der Waals surface area contributed by atoms with Crippen LogP contribution in [-0.2, 0) is 0 Å². The van der Waals surface area contributed by atoms with Crippen LogP contribution in [0.4, 0.5) is 0 Å². The quantitative estimate of drug-likeness (QED) is 0.399. The minimum atomic E-state index is -0.110. The maximum Gasteiger partial charge on any atom is 1.00 e.